The summed E-state index contributed by atoms with van der Waals surface area (Å²) in [5, 5.41) is 10.8. The molecule has 1 N–H and O–H groups in total. The van der Waals surface area contributed by atoms with E-state index in [1.54, 1.807) is 26.4 Å². The van der Waals surface area contributed by atoms with Crippen molar-refractivity contribution in [3.8, 4) is 17.2 Å². The van der Waals surface area contributed by atoms with Gasteiger partial charge >= 0.3 is 0 Å². The first-order valence-electron chi connectivity index (χ1n) is 7.20. The zero-order chi connectivity index (χ0) is 16.2. The van der Waals surface area contributed by atoms with Crippen molar-refractivity contribution < 1.29 is 14.6 Å². The van der Waals surface area contributed by atoms with Crippen LogP contribution in [0.1, 0.15) is 11.3 Å². The lowest BCUT2D eigenvalue weighted by atomic mass is 10.1. The summed E-state index contributed by atoms with van der Waals surface area (Å²) in [7, 11) is 3.22. The Labute approximate surface area is 134 Å². The molecule has 0 aliphatic rings. The van der Waals surface area contributed by atoms with Crippen molar-refractivity contribution in [1.29, 1.82) is 0 Å². The molecular weight excluding hydrogens is 290 g/mol. The van der Waals surface area contributed by atoms with Crippen molar-refractivity contribution in [3.05, 3.63) is 59.8 Å². The molecule has 0 bridgehead atoms. The summed E-state index contributed by atoms with van der Waals surface area (Å²) in [6.45, 7) is 0. The second-order valence-corrected chi connectivity index (χ2v) is 5.03. The number of para-hydroxylation sites is 1. The zero-order valence-corrected chi connectivity index (χ0v) is 13.0. The smallest absolute Gasteiger partial charge is 0.161 e. The first-order valence-corrected chi connectivity index (χ1v) is 7.20. The first-order chi connectivity index (χ1) is 11.2. The molecule has 4 heteroatoms. The molecule has 3 rings (SSSR count). The van der Waals surface area contributed by atoms with Gasteiger partial charge in [0.05, 0.1) is 19.9 Å². The number of phenolic OH excluding ortho intramolecular Hbond substituents is 1. The second-order valence-electron chi connectivity index (χ2n) is 5.03. The van der Waals surface area contributed by atoms with Crippen molar-refractivity contribution in [1.82, 2.24) is 4.98 Å². The summed E-state index contributed by atoms with van der Waals surface area (Å²) in [5.74, 6) is 1.56. The van der Waals surface area contributed by atoms with Gasteiger partial charge in [0.2, 0.25) is 0 Å². The van der Waals surface area contributed by atoms with Gasteiger partial charge in [-0.1, -0.05) is 30.3 Å². The van der Waals surface area contributed by atoms with E-state index in [2.05, 4.69) is 4.98 Å². The lowest BCUT2D eigenvalue weighted by Crippen LogP contribution is -1.90. The predicted molar refractivity (Wildman–Crippen MR) is 91.9 cm³/mol. The van der Waals surface area contributed by atoms with Crippen LogP contribution in [0.25, 0.3) is 23.1 Å². The molecule has 0 saturated carbocycles. The van der Waals surface area contributed by atoms with Crippen LogP contribution in [0.2, 0.25) is 0 Å². The fourth-order valence-electron chi connectivity index (χ4n) is 2.38. The monoisotopic (exact) mass is 307 g/mol. The predicted octanol–water partition coefficient (Wildman–Crippen LogP) is 4.13. The van der Waals surface area contributed by atoms with Crippen LogP contribution in [-0.2, 0) is 0 Å². The minimum atomic E-state index is 0.184. The Balaban J connectivity index is 1.92. The summed E-state index contributed by atoms with van der Waals surface area (Å²) in [6, 6.07) is 14.9. The van der Waals surface area contributed by atoms with Crippen LogP contribution in [-0.4, -0.2) is 24.3 Å². The molecule has 4 nitrogen and oxygen atoms in total. The van der Waals surface area contributed by atoms with Gasteiger partial charge in [-0.05, 0) is 35.9 Å². The Morgan fingerprint density at radius 2 is 1.74 bits per heavy atom. The van der Waals surface area contributed by atoms with Crippen molar-refractivity contribution in [2.45, 2.75) is 0 Å². The maximum absolute atomic E-state index is 9.89. The van der Waals surface area contributed by atoms with Crippen molar-refractivity contribution in [2.24, 2.45) is 0 Å². The van der Waals surface area contributed by atoms with Gasteiger partial charge in [0.25, 0.3) is 0 Å². The lowest BCUT2D eigenvalue weighted by Gasteiger charge is -2.07. The molecule has 0 aliphatic heterocycles. The SMILES string of the molecule is COc1ccc(/C=C/c2ccc3cccc(O)c3n2)cc1OC. The summed E-state index contributed by atoms with van der Waals surface area (Å²) < 4.78 is 10.5. The third-order valence-corrected chi connectivity index (χ3v) is 3.57. The van der Waals surface area contributed by atoms with Crippen LogP contribution in [0.15, 0.2) is 48.5 Å². The molecular formula is C19H17NO3. The summed E-state index contributed by atoms with van der Waals surface area (Å²) in [5.41, 5.74) is 2.34. The number of nitrogens with zero attached hydrogens (tertiary/aromatic N) is 1. The highest BCUT2D eigenvalue weighted by Crippen LogP contribution is 2.28. The third-order valence-electron chi connectivity index (χ3n) is 3.57. The molecule has 0 atom stereocenters. The van der Waals surface area contributed by atoms with Crippen LogP contribution in [0.5, 0.6) is 17.2 Å². The number of aromatic hydroxyl groups is 1. The van der Waals surface area contributed by atoms with Crippen LogP contribution in [0.3, 0.4) is 0 Å². The van der Waals surface area contributed by atoms with Crippen molar-refractivity contribution in [3.63, 3.8) is 0 Å². The zero-order valence-electron chi connectivity index (χ0n) is 13.0. The molecule has 3 aromatic rings. The number of fused-ring (bicyclic) bond motifs is 1. The number of hydrogen-bond donors (Lipinski definition) is 1. The summed E-state index contributed by atoms with van der Waals surface area (Å²) >= 11 is 0. The van der Waals surface area contributed by atoms with Crippen LogP contribution >= 0.6 is 0 Å². The first kappa shape index (κ1) is 14.9. The minimum Gasteiger partial charge on any atom is -0.506 e. The maximum atomic E-state index is 9.89. The molecule has 2 aromatic carbocycles. The number of ether oxygens (including phenoxy) is 2. The van der Waals surface area contributed by atoms with Crippen molar-refractivity contribution >= 4 is 23.1 Å². The quantitative estimate of drug-likeness (QED) is 0.787. The number of rotatable bonds is 4. The fourth-order valence-corrected chi connectivity index (χ4v) is 2.38. The van der Waals surface area contributed by atoms with Gasteiger partial charge in [0.1, 0.15) is 11.3 Å². The van der Waals surface area contributed by atoms with Gasteiger partial charge in [-0.2, -0.15) is 0 Å². The third kappa shape index (κ3) is 3.11. The van der Waals surface area contributed by atoms with Gasteiger partial charge in [0.15, 0.2) is 11.5 Å². The minimum absolute atomic E-state index is 0.184. The topological polar surface area (TPSA) is 51.6 Å². The Morgan fingerprint density at radius 1 is 0.913 bits per heavy atom. The van der Waals surface area contributed by atoms with E-state index in [4.69, 9.17) is 9.47 Å². The second kappa shape index (κ2) is 6.40. The largest absolute Gasteiger partial charge is 0.506 e. The fraction of sp³-hybridized carbons (Fsp3) is 0.105. The van der Waals surface area contributed by atoms with E-state index < -0.39 is 0 Å². The molecule has 0 saturated heterocycles. The number of methoxy groups -OCH3 is 2. The van der Waals surface area contributed by atoms with Gasteiger partial charge in [-0.3, -0.25) is 0 Å². The summed E-state index contributed by atoms with van der Waals surface area (Å²) in [4.78, 5) is 4.47. The van der Waals surface area contributed by atoms with E-state index in [9.17, 15) is 5.11 Å². The molecule has 0 radical (unpaired) electrons. The van der Waals surface area contributed by atoms with E-state index in [0.717, 1.165) is 16.6 Å². The van der Waals surface area contributed by atoms with Crippen LogP contribution in [0, 0.1) is 0 Å². The van der Waals surface area contributed by atoms with E-state index >= 15 is 0 Å². The highest BCUT2D eigenvalue weighted by atomic mass is 16.5. The van der Waals surface area contributed by atoms with Gasteiger partial charge in [0, 0.05) is 5.39 Å². The Hall–Kier alpha value is -3.01. The molecule has 0 amide bonds. The maximum Gasteiger partial charge on any atom is 0.161 e. The average molecular weight is 307 g/mol. The Morgan fingerprint density at radius 3 is 2.52 bits per heavy atom. The molecule has 116 valence electrons. The molecule has 1 heterocycles. The number of pyridine rings is 1. The molecule has 1 aromatic heterocycles. The standard InChI is InChI=1S/C19H17NO3/c1-22-17-11-7-13(12-18(17)23-2)6-9-15-10-8-14-4-3-5-16(21)19(14)20-15/h3-12,21H,1-2H3/b9-6+. The molecule has 0 spiro atoms. The number of hydrogen-bond acceptors (Lipinski definition) is 4. The van der Waals surface area contributed by atoms with Crippen molar-refractivity contribution in [2.75, 3.05) is 14.2 Å². The lowest BCUT2D eigenvalue weighted by molar-refractivity contribution is 0.355. The van der Waals surface area contributed by atoms with E-state index in [0.29, 0.717) is 17.0 Å². The van der Waals surface area contributed by atoms with Crippen LogP contribution in [0.4, 0.5) is 0 Å². The molecule has 0 unspecified atom stereocenters. The number of benzene rings is 2. The highest BCUT2D eigenvalue weighted by molar-refractivity contribution is 5.85. The molecule has 23 heavy (non-hydrogen) atoms. The Bertz CT molecular complexity index is 872. The number of aromatic nitrogens is 1. The van der Waals surface area contributed by atoms with Crippen LogP contribution < -0.4 is 9.47 Å². The normalized spacial score (nSPS) is 11.0. The van der Waals surface area contributed by atoms with Gasteiger partial charge in [-0.25, -0.2) is 4.98 Å². The molecule has 0 fully saturated rings. The molecule has 0 aliphatic carbocycles. The van der Waals surface area contributed by atoms with E-state index in [1.807, 2.05) is 48.6 Å². The van der Waals surface area contributed by atoms with Gasteiger partial charge < -0.3 is 14.6 Å². The van der Waals surface area contributed by atoms with Gasteiger partial charge in [-0.15, -0.1) is 0 Å². The summed E-state index contributed by atoms with van der Waals surface area (Å²) in [6.07, 6.45) is 3.84. The number of phenols is 1. The van der Waals surface area contributed by atoms with E-state index in [-0.39, 0.29) is 5.75 Å². The highest BCUT2D eigenvalue weighted by Gasteiger charge is 2.03. The Kier molecular flexibility index (Phi) is 4.15. The van der Waals surface area contributed by atoms with E-state index in [1.165, 1.54) is 0 Å². The average Bonchev–Trinajstić information content (AvgIpc) is 2.60.